The van der Waals surface area contributed by atoms with Gasteiger partial charge in [-0.15, -0.1) is 0 Å². The van der Waals surface area contributed by atoms with E-state index in [-0.39, 0.29) is 12.4 Å². The minimum absolute atomic E-state index is 0.193. The summed E-state index contributed by atoms with van der Waals surface area (Å²) >= 11 is 0. The summed E-state index contributed by atoms with van der Waals surface area (Å²) in [6.45, 7) is 5.08. The van der Waals surface area contributed by atoms with Gasteiger partial charge in [-0.1, -0.05) is 12.1 Å². The van der Waals surface area contributed by atoms with Crippen molar-refractivity contribution in [2.45, 2.75) is 6.10 Å². The predicted octanol–water partition coefficient (Wildman–Crippen LogP) is 0.469. The minimum Gasteiger partial charge on any atom is -0.395 e. The highest BCUT2D eigenvalue weighted by Gasteiger charge is 2.19. The fraction of sp³-hybridized carbons (Fsp3) is 0.571. The Morgan fingerprint density at radius 1 is 1.05 bits per heavy atom. The molecule has 1 heterocycles. The highest BCUT2D eigenvalue weighted by molar-refractivity contribution is 5.18. The molecule has 19 heavy (non-hydrogen) atoms. The monoisotopic (exact) mass is 268 g/mol. The molecule has 1 fully saturated rings. The first-order valence-electron chi connectivity index (χ1n) is 6.68. The van der Waals surface area contributed by atoms with Gasteiger partial charge < -0.3 is 10.2 Å². The Balaban J connectivity index is 1.80. The van der Waals surface area contributed by atoms with Gasteiger partial charge in [-0.3, -0.25) is 9.80 Å². The van der Waals surface area contributed by atoms with Crippen molar-refractivity contribution >= 4 is 0 Å². The topological polar surface area (TPSA) is 46.9 Å². The normalized spacial score (nSPS) is 19.5. The van der Waals surface area contributed by atoms with Crippen molar-refractivity contribution < 1.29 is 14.6 Å². The molecule has 1 aromatic carbocycles. The number of nitrogens with zero attached hydrogens (tertiary/aromatic N) is 2. The van der Waals surface area contributed by atoms with E-state index in [4.69, 9.17) is 5.11 Å². The summed E-state index contributed by atoms with van der Waals surface area (Å²) in [4.78, 5) is 4.41. The number of halogens is 1. The van der Waals surface area contributed by atoms with Crippen molar-refractivity contribution in [1.82, 2.24) is 9.80 Å². The first kappa shape index (κ1) is 14.4. The molecule has 5 heteroatoms. The van der Waals surface area contributed by atoms with Crippen molar-refractivity contribution in [3.8, 4) is 0 Å². The third-order valence-corrected chi connectivity index (χ3v) is 3.57. The van der Waals surface area contributed by atoms with Crippen LogP contribution >= 0.6 is 0 Å². The SMILES string of the molecule is OCCN1CCN(C[C@@H](O)c2ccc(F)cc2)CC1. The highest BCUT2D eigenvalue weighted by atomic mass is 19.1. The smallest absolute Gasteiger partial charge is 0.123 e. The van der Waals surface area contributed by atoms with E-state index in [1.165, 1.54) is 12.1 Å². The molecule has 1 aromatic rings. The van der Waals surface area contributed by atoms with E-state index in [1.807, 2.05) is 0 Å². The van der Waals surface area contributed by atoms with E-state index in [0.29, 0.717) is 13.1 Å². The fourth-order valence-corrected chi connectivity index (χ4v) is 2.37. The molecule has 1 atom stereocenters. The van der Waals surface area contributed by atoms with E-state index in [1.54, 1.807) is 12.1 Å². The number of aliphatic hydroxyl groups is 2. The van der Waals surface area contributed by atoms with Crippen molar-refractivity contribution in [1.29, 1.82) is 0 Å². The molecule has 0 saturated carbocycles. The molecule has 1 aliphatic rings. The van der Waals surface area contributed by atoms with Gasteiger partial charge in [-0.25, -0.2) is 4.39 Å². The Bertz CT molecular complexity index is 378. The van der Waals surface area contributed by atoms with Crippen LogP contribution in [0.2, 0.25) is 0 Å². The van der Waals surface area contributed by atoms with Crippen LogP contribution in [0.4, 0.5) is 4.39 Å². The molecule has 0 bridgehead atoms. The molecule has 0 spiro atoms. The standard InChI is InChI=1S/C14H21FN2O2/c15-13-3-1-12(2-4-13)14(19)11-17-7-5-16(6-8-17)9-10-18/h1-4,14,18-19H,5-11H2/t14-/m1/s1. The molecule has 2 N–H and O–H groups in total. The molecule has 0 aliphatic carbocycles. The van der Waals surface area contributed by atoms with Gasteiger partial charge in [0.1, 0.15) is 5.82 Å². The molecule has 4 nitrogen and oxygen atoms in total. The average Bonchev–Trinajstić information content (AvgIpc) is 2.42. The Morgan fingerprint density at radius 3 is 2.21 bits per heavy atom. The summed E-state index contributed by atoms with van der Waals surface area (Å²) in [7, 11) is 0. The molecule has 0 radical (unpaired) electrons. The van der Waals surface area contributed by atoms with Crippen LogP contribution in [0, 0.1) is 5.82 Å². The summed E-state index contributed by atoms with van der Waals surface area (Å²) in [5.41, 5.74) is 0.749. The lowest BCUT2D eigenvalue weighted by molar-refractivity contribution is 0.0661. The van der Waals surface area contributed by atoms with Gasteiger partial charge in [-0.2, -0.15) is 0 Å². The molecule has 1 aliphatic heterocycles. The average molecular weight is 268 g/mol. The number of piperazine rings is 1. The lowest BCUT2D eigenvalue weighted by Gasteiger charge is -2.35. The maximum Gasteiger partial charge on any atom is 0.123 e. The maximum atomic E-state index is 12.8. The summed E-state index contributed by atoms with van der Waals surface area (Å²) in [5, 5.41) is 19.0. The van der Waals surface area contributed by atoms with Crippen LogP contribution in [0.1, 0.15) is 11.7 Å². The molecule has 106 valence electrons. The van der Waals surface area contributed by atoms with Gasteiger partial charge in [-0.05, 0) is 17.7 Å². The second-order valence-electron chi connectivity index (χ2n) is 4.93. The van der Waals surface area contributed by atoms with Gasteiger partial charge in [0, 0.05) is 39.3 Å². The first-order chi connectivity index (χ1) is 9.19. The number of β-amino-alcohol motifs (C(OH)–C–C–N with tert-alkyl or cyclic N) is 2. The minimum atomic E-state index is -0.579. The summed E-state index contributed by atoms with van der Waals surface area (Å²) in [6, 6.07) is 6.00. The number of aliphatic hydroxyl groups excluding tert-OH is 2. The fourth-order valence-electron chi connectivity index (χ4n) is 2.37. The third-order valence-electron chi connectivity index (χ3n) is 3.57. The van der Waals surface area contributed by atoms with Crippen molar-refractivity contribution in [3.05, 3.63) is 35.6 Å². The van der Waals surface area contributed by atoms with Crippen molar-refractivity contribution in [3.63, 3.8) is 0 Å². The molecule has 1 saturated heterocycles. The highest BCUT2D eigenvalue weighted by Crippen LogP contribution is 2.15. The number of hydrogen-bond donors (Lipinski definition) is 2. The van der Waals surface area contributed by atoms with Crippen LogP contribution < -0.4 is 0 Å². The van der Waals surface area contributed by atoms with E-state index < -0.39 is 6.10 Å². The van der Waals surface area contributed by atoms with Gasteiger partial charge in [0.15, 0.2) is 0 Å². The number of benzene rings is 1. The number of hydrogen-bond acceptors (Lipinski definition) is 4. The Labute approximate surface area is 113 Å². The van der Waals surface area contributed by atoms with Crippen LogP contribution in [0.15, 0.2) is 24.3 Å². The number of rotatable bonds is 5. The summed E-state index contributed by atoms with van der Waals surface area (Å²) in [6.07, 6.45) is -0.579. The second-order valence-corrected chi connectivity index (χ2v) is 4.93. The zero-order valence-corrected chi connectivity index (χ0v) is 11.0. The quantitative estimate of drug-likeness (QED) is 0.815. The second kappa shape index (κ2) is 6.96. The Hall–Kier alpha value is -1.01. The van der Waals surface area contributed by atoms with Crippen molar-refractivity contribution in [2.75, 3.05) is 45.9 Å². The zero-order valence-electron chi connectivity index (χ0n) is 11.0. The molecular formula is C14H21FN2O2. The summed E-state index contributed by atoms with van der Waals surface area (Å²) in [5.74, 6) is -0.284. The Morgan fingerprint density at radius 2 is 1.63 bits per heavy atom. The largest absolute Gasteiger partial charge is 0.395 e. The molecule has 2 rings (SSSR count). The van der Waals surface area contributed by atoms with Crippen molar-refractivity contribution in [2.24, 2.45) is 0 Å². The van der Waals surface area contributed by atoms with Gasteiger partial charge in [0.25, 0.3) is 0 Å². The van der Waals surface area contributed by atoms with Gasteiger partial charge >= 0.3 is 0 Å². The lowest BCUT2D eigenvalue weighted by Crippen LogP contribution is -2.48. The lowest BCUT2D eigenvalue weighted by atomic mass is 10.1. The third kappa shape index (κ3) is 4.24. The van der Waals surface area contributed by atoms with E-state index in [0.717, 1.165) is 31.7 Å². The van der Waals surface area contributed by atoms with Crippen LogP contribution in [0.3, 0.4) is 0 Å². The molecular weight excluding hydrogens is 247 g/mol. The van der Waals surface area contributed by atoms with Crippen LogP contribution in [-0.2, 0) is 0 Å². The molecule has 0 unspecified atom stereocenters. The van der Waals surface area contributed by atoms with Crippen LogP contribution in [0.5, 0.6) is 0 Å². The van der Waals surface area contributed by atoms with Gasteiger partial charge in [0.05, 0.1) is 12.7 Å². The molecule has 0 aromatic heterocycles. The van der Waals surface area contributed by atoms with E-state index >= 15 is 0 Å². The van der Waals surface area contributed by atoms with Crippen LogP contribution in [0.25, 0.3) is 0 Å². The van der Waals surface area contributed by atoms with E-state index in [2.05, 4.69) is 9.80 Å². The van der Waals surface area contributed by atoms with Gasteiger partial charge in [0.2, 0.25) is 0 Å². The van der Waals surface area contributed by atoms with Crippen LogP contribution in [-0.4, -0.2) is 65.9 Å². The first-order valence-corrected chi connectivity index (χ1v) is 6.68. The summed E-state index contributed by atoms with van der Waals surface area (Å²) < 4.78 is 12.8. The Kier molecular flexibility index (Phi) is 5.27. The van der Waals surface area contributed by atoms with E-state index in [9.17, 15) is 9.50 Å². The predicted molar refractivity (Wildman–Crippen MR) is 71.3 cm³/mol. The molecule has 0 amide bonds. The zero-order chi connectivity index (χ0) is 13.7. The maximum absolute atomic E-state index is 12.8.